The van der Waals surface area contributed by atoms with E-state index in [0.29, 0.717) is 12.4 Å². The SMILES string of the molecule is O=C1OC(c2ccc(I)c(Br)c2)=N/C1=C\c1cc(Br)c(OCCc2ccccc2)c(Br)c1. The van der Waals surface area contributed by atoms with Crippen LogP contribution in [0.1, 0.15) is 16.7 Å². The summed E-state index contributed by atoms with van der Waals surface area (Å²) in [7, 11) is 0. The van der Waals surface area contributed by atoms with Crippen LogP contribution in [-0.4, -0.2) is 18.5 Å². The van der Waals surface area contributed by atoms with Gasteiger partial charge in [0.1, 0.15) is 5.75 Å². The van der Waals surface area contributed by atoms with Gasteiger partial charge in [0.2, 0.25) is 5.90 Å². The molecule has 3 aromatic rings. The molecule has 8 heteroatoms. The van der Waals surface area contributed by atoms with E-state index >= 15 is 0 Å². The molecule has 0 saturated carbocycles. The average Bonchev–Trinajstić information content (AvgIpc) is 3.13. The van der Waals surface area contributed by atoms with Crippen molar-refractivity contribution in [3.63, 3.8) is 0 Å². The first-order chi connectivity index (χ1) is 15.4. The number of hydrogen-bond acceptors (Lipinski definition) is 4. The van der Waals surface area contributed by atoms with Crippen molar-refractivity contribution in [3.8, 4) is 5.75 Å². The molecule has 0 saturated heterocycles. The number of esters is 1. The predicted octanol–water partition coefficient (Wildman–Crippen LogP) is 7.54. The highest BCUT2D eigenvalue weighted by molar-refractivity contribution is 14.1. The van der Waals surface area contributed by atoms with Crippen LogP contribution >= 0.6 is 70.4 Å². The van der Waals surface area contributed by atoms with Gasteiger partial charge >= 0.3 is 5.97 Å². The van der Waals surface area contributed by atoms with Gasteiger partial charge in [0, 0.05) is 20.0 Å². The molecular weight excluding hydrogens is 717 g/mol. The first kappa shape index (κ1) is 23.7. The fraction of sp³-hybridized carbons (Fsp3) is 0.0833. The van der Waals surface area contributed by atoms with Gasteiger partial charge in [0.15, 0.2) is 5.70 Å². The molecule has 0 fully saturated rings. The van der Waals surface area contributed by atoms with E-state index in [1.165, 1.54) is 5.56 Å². The van der Waals surface area contributed by atoms with Crippen molar-refractivity contribution < 1.29 is 14.3 Å². The number of ether oxygens (including phenoxy) is 2. The standard InChI is InChI=1S/C24H15Br3INO3/c25-17-13-16(6-7-20(17)28)23-29-21(24(30)32-23)12-15-10-18(26)22(19(27)11-15)31-9-8-14-4-2-1-3-5-14/h1-7,10-13H,8-9H2/b21-12-. The molecule has 0 aromatic heterocycles. The number of carbonyl (C=O) groups is 1. The lowest BCUT2D eigenvalue weighted by atomic mass is 10.1. The van der Waals surface area contributed by atoms with Crippen LogP contribution in [0.25, 0.3) is 6.08 Å². The number of hydrogen-bond donors (Lipinski definition) is 0. The highest BCUT2D eigenvalue weighted by Gasteiger charge is 2.24. The Morgan fingerprint density at radius 2 is 1.69 bits per heavy atom. The van der Waals surface area contributed by atoms with Crippen LogP contribution < -0.4 is 4.74 Å². The number of aliphatic imine (C=N–C) groups is 1. The van der Waals surface area contributed by atoms with E-state index in [0.717, 1.165) is 34.5 Å². The highest BCUT2D eigenvalue weighted by Crippen LogP contribution is 2.36. The smallest absolute Gasteiger partial charge is 0.363 e. The molecule has 32 heavy (non-hydrogen) atoms. The van der Waals surface area contributed by atoms with Crippen molar-refractivity contribution in [1.29, 1.82) is 0 Å². The normalized spacial score (nSPS) is 14.4. The number of halogens is 4. The molecule has 3 aromatic carbocycles. The molecule has 0 amide bonds. The summed E-state index contributed by atoms with van der Waals surface area (Å²) in [4.78, 5) is 16.8. The number of carbonyl (C=O) groups excluding carboxylic acids is 1. The third kappa shape index (κ3) is 5.70. The lowest BCUT2D eigenvalue weighted by molar-refractivity contribution is -0.129. The van der Waals surface area contributed by atoms with E-state index in [1.54, 1.807) is 6.08 Å². The molecule has 1 heterocycles. The summed E-state index contributed by atoms with van der Waals surface area (Å²) in [5.74, 6) is 0.521. The fourth-order valence-electron chi connectivity index (χ4n) is 3.04. The van der Waals surface area contributed by atoms with Crippen molar-refractivity contribution in [2.75, 3.05) is 6.61 Å². The van der Waals surface area contributed by atoms with Crippen LogP contribution in [0.15, 0.2) is 84.8 Å². The third-order valence-electron chi connectivity index (χ3n) is 4.59. The van der Waals surface area contributed by atoms with E-state index in [1.807, 2.05) is 48.5 Å². The van der Waals surface area contributed by atoms with Gasteiger partial charge in [0.25, 0.3) is 0 Å². The van der Waals surface area contributed by atoms with E-state index in [-0.39, 0.29) is 11.6 Å². The minimum atomic E-state index is -0.481. The lowest BCUT2D eigenvalue weighted by Gasteiger charge is -2.11. The summed E-state index contributed by atoms with van der Waals surface area (Å²) in [6.45, 7) is 0.549. The second kappa shape index (κ2) is 10.6. The van der Waals surface area contributed by atoms with Crippen LogP contribution in [0, 0.1) is 3.57 Å². The minimum Gasteiger partial charge on any atom is -0.491 e. The molecule has 0 radical (unpaired) electrons. The Morgan fingerprint density at radius 3 is 2.38 bits per heavy atom. The summed E-state index contributed by atoms with van der Waals surface area (Å²) in [6.07, 6.45) is 2.50. The van der Waals surface area contributed by atoms with Crippen molar-refractivity contribution >= 4 is 88.3 Å². The van der Waals surface area contributed by atoms with Gasteiger partial charge in [-0.2, -0.15) is 0 Å². The Balaban J connectivity index is 1.51. The number of benzene rings is 3. The van der Waals surface area contributed by atoms with Gasteiger partial charge in [-0.3, -0.25) is 0 Å². The van der Waals surface area contributed by atoms with Crippen LogP contribution in [0.5, 0.6) is 5.75 Å². The second-order valence-electron chi connectivity index (χ2n) is 6.86. The maximum atomic E-state index is 12.4. The van der Waals surface area contributed by atoms with Gasteiger partial charge in [0.05, 0.1) is 15.6 Å². The first-order valence-electron chi connectivity index (χ1n) is 9.54. The molecule has 4 rings (SSSR count). The summed E-state index contributed by atoms with van der Waals surface area (Å²) in [6, 6.07) is 19.6. The minimum absolute atomic E-state index is 0.242. The molecule has 1 aliphatic heterocycles. The van der Waals surface area contributed by atoms with Crippen molar-refractivity contribution in [2.24, 2.45) is 4.99 Å². The summed E-state index contributed by atoms with van der Waals surface area (Å²) < 4.78 is 14.9. The summed E-state index contributed by atoms with van der Waals surface area (Å²) in [5.41, 5.74) is 2.99. The van der Waals surface area contributed by atoms with Gasteiger partial charge < -0.3 is 9.47 Å². The zero-order chi connectivity index (χ0) is 22.7. The molecule has 162 valence electrons. The quantitative estimate of drug-likeness (QED) is 0.150. The first-order valence-corrected chi connectivity index (χ1v) is 13.0. The third-order valence-corrected chi connectivity index (χ3v) is 8.11. The lowest BCUT2D eigenvalue weighted by Crippen LogP contribution is -2.05. The van der Waals surface area contributed by atoms with Crippen molar-refractivity contribution in [3.05, 3.63) is 100 Å². The molecular formula is C24H15Br3INO3. The van der Waals surface area contributed by atoms with Gasteiger partial charge in [-0.25, -0.2) is 9.79 Å². The zero-order valence-corrected chi connectivity index (χ0v) is 23.4. The van der Waals surface area contributed by atoms with Gasteiger partial charge in [-0.05, 0) is 118 Å². The average molecular weight is 732 g/mol. The van der Waals surface area contributed by atoms with Gasteiger partial charge in [-0.15, -0.1) is 0 Å². The molecule has 0 aliphatic carbocycles. The fourth-order valence-corrected chi connectivity index (χ4v) is 5.20. The van der Waals surface area contributed by atoms with Gasteiger partial charge in [-0.1, -0.05) is 30.3 Å². The number of rotatable bonds is 6. The Labute approximate surface area is 224 Å². The summed E-state index contributed by atoms with van der Waals surface area (Å²) >= 11 is 12.9. The monoisotopic (exact) mass is 729 g/mol. The molecule has 1 aliphatic rings. The number of cyclic esters (lactones) is 1. The van der Waals surface area contributed by atoms with Crippen LogP contribution in [0.2, 0.25) is 0 Å². The van der Waals surface area contributed by atoms with E-state index in [2.05, 4.69) is 87.5 Å². The Morgan fingerprint density at radius 1 is 0.969 bits per heavy atom. The van der Waals surface area contributed by atoms with E-state index in [4.69, 9.17) is 9.47 Å². The second-order valence-corrected chi connectivity index (χ2v) is 10.6. The molecule has 0 N–H and O–H groups in total. The topological polar surface area (TPSA) is 47.9 Å². The molecule has 0 atom stereocenters. The number of nitrogens with zero attached hydrogens (tertiary/aromatic N) is 1. The van der Waals surface area contributed by atoms with Crippen LogP contribution in [-0.2, 0) is 16.0 Å². The van der Waals surface area contributed by atoms with Crippen molar-refractivity contribution in [1.82, 2.24) is 0 Å². The van der Waals surface area contributed by atoms with Crippen LogP contribution in [0.3, 0.4) is 0 Å². The predicted molar refractivity (Wildman–Crippen MR) is 145 cm³/mol. The Kier molecular flexibility index (Phi) is 7.86. The molecule has 0 unspecified atom stereocenters. The Hall–Kier alpha value is -1.49. The molecule has 0 bridgehead atoms. The molecule has 0 spiro atoms. The largest absolute Gasteiger partial charge is 0.491 e. The van der Waals surface area contributed by atoms with E-state index < -0.39 is 5.97 Å². The van der Waals surface area contributed by atoms with Crippen LogP contribution in [0.4, 0.5) is 0 Å². The molecule has 4 nitrogen and oxygen atoms in total. The summed E-state index contributed by atoms with van der Waals surface area (Å²) in [5, 5.41) is 0. The van der Waals surface area contributed by atoms with Crippen molar-refractivity contribution in [2.45, 2.75) is 6.42 Å². The van der Waals surface area contributed by atoms with E-state index in [9.17, 15) is 4.79 Å². The Bertz CT molecular complexity index is 1220. The maximum absolute atomic E-state index is 12.4. The maximum Gasteiger partial charge on any atom is 0.363 e. The zero-order valence-electron chi connectivity index (χ0n) is 16.4. The highest BCUT2D eigenvalue weighted by atomic mass is 127.